The van der Waals surface area contributed by atoms with Gasteiger partial charge >= 0.3 is 0 Å². The molecule has 0 N–H and O–H groups in total. The number of benzene rings is 2. The molecule has 0 aliphatic rings. The summed E-state index contributed by atoms with van der Waals surface area (Å²) in [5, 5.41) is 0.725. The Kier molecular flexibility index (Phi) is 6.32. The fourth-order valence-electron chi connectivity index (χ4n) is 3.02. The fourth-order valence-corrected chi connectivity index (χ4v) is 4.98. The number of rotatable bonds is 8. The lowest BCUT2D eigenvalue weighted by atomic mass is 10.2. The summed E-state index contributed by atoms with van der Waals surface area (Å²) in [4.78, 5) is 20.8. The number of fused-ring (bicyclic) bond motifs is 1. The highest BCUT2D eigenvalue weighted by Gasteiger charge is 2.21. The number of hydrogen-bond acceptors (Lipinski definition) is 5. The van der Waals surface area contributed by atoms with E-state index in [1.54, 1.807) is 34.3 Å². The van der Waals surface area contributed by atoms with Crippen molar-refractivity contribution in [1.29, 1.82) is 0 Å². The zero-order valence-corrected chi connectivity index (χ0v) is 17.8. The standard InChI is InChI=1S/C23H22N2O2S2/c1-17-11-12-20-21(15-17)29-23(24-20)25(16-18-7-5-13-27-18)22(26)10-6-14-28-19-8-3-2-4-9-19/h2-5,7-9,11-13,15H,6,10,14,16H2,1H3. The minimum atomic E-state index is 0.0749. The minimum Gasteiger partial charge on any atom is -0.467 e. The van der Waals surface area contributed by atoms with Gasteiger partial charge in [-0.3, -0.25) is 9.69 Å². The van der Waals surface area contributed by atoms with Crippen molar-refractivity contribution in [3.8, 4) is 0 Å². The Hall–Kier alpha value is -2.57. The number of carbonyl (C=O) groups is 1. The van der Waals surface area contributed by atoms with E-state index in [1.165, 1.54) is 10.5 Å². The van der Waals surface area contributed by atoms with Crippen LogP contribution in [0.5, 0.6) is 0 Å². The van der Waals surface area contributed by atoms with Crippen molar-refractivity contribution < 1.29 is 9.21 Å². The molecule has 29 heavy (non-hydrogen) atoms. The number of hydrogen-bond donors (Lipinski definition) is 0. The van der Waals surface area contributed by atoms with Crippen LogP contribution >= 0.6 is 23.1 Å². The summed E-state index contributed by atoms with van der Waals surface area (Å²) in [7, 11) is 0. The molecule has 0 bridgehead atoms. The van der Waals surface area contributed by atoms with Crippen molar-refractivity contribution in [2.75, 3.05) is 10.7 Å². The summed E-state index contributed by atoms with van der Waals surface area (Å²) < 4.78 is 6.59. The smallest absolute Gasteiger partial charge is 0.229 e. The Morgan fingerprint density at radius 2 is 2.00 bits per heavy atom. The quantitative estimate of drug-likeness (QED) is 0.247. The van der Waals surface area contributed by atoms with E-state index in [0.29, 0.717) is 13.0 Å². The maximum Gasteiger partial charge on any atom is 0.229 e. The molecule has 0 aliphatic carbocycles. The van der Waals surface area contributed by atoms with Crippen molar-refractivity contribution in [1.82, 2.24) is 4.98 Å². The van der Waals surface area contributed by atoms with Crippen LogP contribution in [0.3, 0.4) is 0 Å². The second kappa shape index (κ2) is 9.29. The fraction of sp³-hybridized carbons (Fsp3) is 0.217. The summed E-state index contributed by atoms with van der Waals surface area (Å²) in [6.07, 6.45) is 2.93. The molecule has 0 aliphatic heterocycles. The number of thiazole rings is 1. The highest BCUT2D eigenvalue weighted by molar-refractivity contribution is 7.99. The zero-order chi connectivity index (χ0) is 20.1. The highest BCUT2D eigenvalue weighted by Crippen LogP contribution is 2.31. The van der Waals surface area contributed by atoms with E-state index in [9.17, 15) is 4.79 Å². The number of carbonyl (C=O) groups excluding carboxylic acids is 1. The lowest BCUT2D eigenvalue weighted by Gasteiger charge is -2.18. The maximum atomic E-state index is 13.1. The summed E-state index contributed by atoms with van der Waals surface area (Å²) in [6.45, 7) is 2.46. The molecule has 1 amide bonds. The van der Waals surface area contributed by atoms with Crippen LogP contribution in [-0.4, -0.2) is 16.6 Å². The summed E-state index contributed by atoms with van der Waals surface area (Å²) in [6, 6.07) is 20.2. The average Bonchev–Trinajstić information content (AvgIpc) is 3.39. The van der Waals surface area contributed by atoms with Crippen molar-refractivity contribution in [2.24, 2.45) is 0 Å². The van der Waals surface area contributed by atoms with Gasteiger partial charge in [0.05, 0.1) is 23.0 Å². The van der Waals surface area contributed by atoms with E-state index in [4.69, 9.17) is 9.40 Å². The largest absolute Gasteiger partial charge is 0.467 e. The second-order valence-corrected chi connectivity index (χ2v) is 8.97. The molecule has 2 heterocycles. The van der Waals surface area contributed by atoms with Crippen LogP contribution in [0.25, 0.3) is 10.2 Å². The van der Waals surface area contributed by atoms with Crippen molar-refractivity contribution in [3.63, 3.8) is 0 Å². The maximum absolute atomic E-state index is 13.1. The van der Waals surface area contributed by atoms with Gasteiger partial charge in [-0.25, -0.2) is 4.98 Å². The predicted molar refractivity (Wildman–Crippen MR) is 121 cm³/mol. The number of anilines is 1. The lowest BCUT2D eigenvalue weighted by Crippen LogP contribution is -2.30. The molecule has 0 spiro atoms. The summed E-state index contributed by atoms with van der Waals surface area (Å²) in [5.74, 6) is 1.74. The van der Waals surface area contributed by atoms with Crippen LogP contribution in [0.2, 0.25) is 0 Å². The molecule has 2 aromatic carbocycles. The highest BCUT2D eigenvalue weighted by atomic mass is 32.2. The number of aryl methyl sites for hydroxylation is 1. The van der Waals surface area contributed by atoms with Crippen LogP contribution in [0.1, 0.15) is 24.2 Å². The van der Waals surface area contributed by atoms with Crippen LogP contribution in [-0.2, 0) is 11.3 Å². The summed E-state index contributed by atoms with van der Waals surface area (Å²) in [5.41, 5.74) is 2.11. The van der Waals surface area contributed by atoms with Gasteiger partial charge in [0, 0.05) is 11.3 Å². The molecule has 0 saturated heterocycles. The van der Waals surface area contributed by atoms with E-state index in [2.05, 4.69) is 25.1 Å². The first-order valence-corrected chi connectivity index (χ1v) is 11.4. The Morgan fingerprint density at radius 3 is 2.79 bits per heavy atom. The minimum absolute atomic E-state index is 0.0749. The van der Waals surface area contributed by atoms with E-state index >= 15 is 0 Å². The molecule has 6 heteroatoms. The van der Waals surface area contributed by atoms with Gasteiger partial charge in [0.25, 0.3) is 0 Å². The van der Waals surface area contributed by atoms with Gasteiger partial charge in [0.15, 0.2) is 5.13 Å². The van der Waals surface area contributed by atoms with Crippen LogP contribution in [0, 0.1) is 6.92 Å². The van der Waals surface area contributed by atoms with Gasteiger partial charge in [-0.2, -0.15) is 0 Å². The third-order valence-electron chi connectivity index (χ3n) is 4.51. The Labute approximate surface area is 178 Å². The van der Waals surface area contributed by atoms with E-state index in [-0.39, 0.29) is 5.91 Å². The lowest BCUT2D eigenvalue weighted by molar-refractivity contribution is -0.118. The third-order valence-corrected chi connectivity index (χ3v) is 6.65. The Bertz CT molecular complexity index is 1070. The first-order chi connectivity index (χ1) is 14.2. The molecule has 148 valence electrons. The number of nitrogens with zero attached hydrogens (tertiary/aromatic N) is 2. The van der Waals surface area contributed by atoms with E-state index in [0.717, 1.165) is 33.3 Å². The number of amides is 1. The Morgan fingerprint density at radius 1 is 1.14 bits per heavy atom. The molecule has 0 saturated carbocycles. The van der Waals surface area contributed by atoms with Gasteiger partial charge in [-0.15, -0.1) is 11.8 Å². The van der Waals surface area contributed by atoms with Crippen LogP contribution < -0.4 is 4.90 Å². The van der Waals surface area contributed by atoms with Gasteiger partial charge in [0.2, 0.25) is 5.91 Å². The average molecular weight is 423 g/mol. The first-order valence-electron chi connectivity index (χ1n) is 9.57. The van der Waals surface area contributed by atoms with Gasteiger partial charge < -0.3 is 4.42 Å². The molecular formula is C23H22N2O2S2. The van der Waals surface area contributed by atoms with E-state index in [1.807, 2.05) is 42.5 Å². The number of furan rings is 1. The van der Waals surface area contributed by atoms with Crippen molar-refractivity contribution >= 4 is 44.4 Å². The molecule has 0 unspecified atom stereocenters. The predicted octanol–water partition coefficient (Wildman–Crippen LogP) is 6.30. The first kappa shape index (κ1) is 19.7. The monoisotopic (exact) mass is 422 g/mol. The molecule has 4 nitrogen and oxygen atoms in total. The number of aromatic nitrogens is 1. The molecule has 0 atom stereocenters. The van der Waals surface area contributed by atoms with Crippen LogP contribution in [0.4, 0.5) is 5.13 Å². The molecule has 0 fully saturated rings. The third kappa shape index (κ3) is 5.08. The summed E-state index contributed by atoms with van der Waals surface area (Å²) >= 11 is 3.33. The molecule has 2 aromatic heterocycles. The molecular weight excluding hydrogens is 400 g/mol. The van der Waals surface area contributed by atoms with Gasteiger partial charge in [-0.1, -0.05) is 35.6 Å². The van der Waals surface area contributed by atoms with E-state index < -0.39 is 0 Å². The topological polar surface area (TPSA) is 46.3 Å². The number of thioether (sulfide) groups is 1. The van der Waals surface area contributed by atoms with Gasteiger partial charge in [-0.05, 0) is 61.1 Å². The zero-order valence-electron chi connectivity index (χ0n) is 16.2. The van der Waals surface area contributed by atoms with Crippen molar-refractivity contribution in [2.45, 2.75) is 31.2 Å². The molecule has 4 rings (SSSR count). The second-order valence-electron chi connectivity index (χ2n) is 6.79. The van der Waals surface area contributed by atoms with Crippen LogP contribution in [0.15, 0.2) is 76.2 Å². The SMILES string of the molecule is Cc1ccc2nc(N(Cc3ccco3)C(=O)CCCSc3ccccc3)sc2c1. The van der Waals surface area contributed by atoms with Gasteiger partial charge in [0.1, 0.15) is 5.76 Å². The molecule has 4 aromatic rings. The normalized spacial score (nSPS) is 11.1. The Balaban J connectivity index is 1.46. The van der Waals surface area contributed by atoms with Crippen molar-refractivity contribution in [3.05, 3.63) is 78.3 Å². The molecule has 0 radical (unpaired) electrons.